The molecule has 24 heavy (non-hydrogen) atoms. The van der Waals surface area contributed by atoms with Crippen LogP contribution in [0.4, 0.5) is 5.69 Å². The molecule has 4 heterocycles. The maximum Gasteiger partial charge on any atom is 0.200 e. The number of hydrogen-bond donors (Lipinski definition) is 0. The van der Waals surface area contributed by atoms with Gasteiger partial charge in [-0.25, -0.2) is 0 Å². The summed E-state index contributed by atoms with van der Waals surface area (Å²) in [4.78, 5) is 2.41. The molecule has 0 aliphatic carbocycles. The Morgan fingerprint density at radius 2 is 2.04 bits per heavy atom. The van der Waals surface area contributed by atoms with E-state index in [1.54, 1.807) is 10.8 Å². The van der Waals surface area contributed by atoms with E-state index in [0.29, 0.717) is 5.92 Å². The quantitative estimate of drug-likeness (QED) is 0.794. The molecule has 2 aromatic heterocycles. The van der Waals surface area contributed by atoms with E-state index in [0.717, 1.165) is 56.0 Å². The average Bonchev–Trinajstić information content (AvgIpc) is 3.03. The fourth-order valence-electron chi connectivity index (χ4n) is 3.74. The molecule has 2 aliphatic rings. The van der Waals surface area contributed by atoms with Crippen LogP contribution in [0.25, 0.3) is 5.65 Å². The van der Waals surface area contributed by atoms with E-state index in [4.69, 9.17) is 4.74 Å². The van der Waals surface area contributed by atoms with Crippen LogP contribution in [0.15, 0.2) is 24.0 Å². The smallest absolute Gasteiger partial charge is 0.200 e. The Hall–Kier alpha value is -1.95. The largest absolute Gasteiger partial charge is 0.370 e. The first kappa shape index (κ1) is 15.6. The van der Waals surface area contributed by atoms with Gasteiger partial charge in [-0.15, -0.1) is 10.2 Å². The second kappa shape index (κ2) is 5.84. The molecule has 0 unspecified atom stereocenters. The van der Waals surface area contributed by atoms with Crippen molar-refractivity contribution in [3.63, 3.8) is 0 Å². The summed E-state index contributed by atoms with van der Waals surface area (Å²) in [6, 6.07) is 2.18. The van der Waals surface area contributed by atoms with Crippen LogP contribution < -0.4 is 4.90 Å². The highest BCUT2D eigenvalue weighted by molar-refractivity contribution is 5.68. The van der Waals surface area contributed by atoms with E-state index in [-0.39, 0.29) is 5.60 Å². The van der Waals surface area contributed by atoms with Crippen LogP contribution in [-0.2, 0) is 4.74 Å². The molecule has 6 heteroatoms. The van der Waals surface area contributed by atoms with Gasteiger partial charge in [-0.1, -0.05) is 25.5 Å². The molecule has 0 atom stereocenters. The fourth-order valence-corrected chi connectivity index (χ4v) is 3.74. The molecular weight excluding hydrogens is 302 g/mol. The van der Waals surface area contributed by atoms with Crippen molar-refractivity contribution < 1.29 is 4.74 Å². The molecule has 1 saturated heterocycles. The molecule has 1 spiro atoms. The third kappa shape index (κ3) is 2.69. The van der Waals surface area contributed by atoms with E-state index in [1.807, 2.05) is 0 Å². The second-order valence-electron chi connectivity index (χ2n) is 7.35. The van der Waals surface area contributed by atoms with Gasteiger partial charge in [0.15, 0.2) is 0 Å². The van der Waals surface area contributed by atoms with Gasteiger partial charge in [0.25, 0.3) is 0 Å². The molecule has 0 amide bonds. The number of rotatable bonds is 2. The van der Waals surface area contributed by atoms with Crippen LogP contribution in [0.5, 0.6) is 0 Å². The molecule has 6 nitrogen and oxygen atoms in total. The summed E-state index contributed by atoms with van der Waals surface area (Å²) in [5, 5.41) is 12.9. The summed E-state index contributed by atoms with van der Waals surface area (Å²) in [5.41, 5.74) is 4.45. The molecule has 2 aliphatic heterocycles. The minimum absolute atomic E-state index is 0.0588. The maximum atomic E-state index is 6.15. The molecule has 0 bridgehead atoms. The van der Waals surface area contributed by atoms with Crippen molar-refractivity contribution in [3.8, 4) is 0 Å². The first-order valence-electron chi connectivity index (χ1n) is 8.84. The minimum Gasteiger partial charge on any atom is -0.370 e. The van der Waals surface area contributed by atoms with Gasteiger partial charge in [-0.3, -0.25) is 0 Å². The lowest BCUT2D eigenvalue weighted by Gasteiger charge is -2.43. The molecule has 2 aromatic rings. The Kier molecular flexibility index (Phi) is 3.79. The summed E-state index contributed by atoms with van der Waals surface area (Å²) in [7, 11) is 0. The predicted octanol–water partition coefficient (Wildman–Crippen LogP) is 2.95. The lowest BCUT2D eigenvalue weighted by atomic mass is 9.87. The Morgan fingerprint density at radius 3 is 2.75 bits per heavy atom. The third-order valence-electron chi connectivity index (χ3n) is 5.20. The number of ether oxygens (including phenoxy) is 1. The zero-order chi connectivity index (χ0) is 16.7. The lowest BCUT2D eigenvalue weighted by molar-refractivity contribution is -0.0325. The first-order valence-corrected chi connectivity index (χ1v) is 8.84. The van der Waals surface area contributed by atoms with Crippen molar-refractivity contribution in [2.45, 2.75) is 51.6 Å². The Balaban J connectivity index is 1.63. The van der Waals surface area contributed by atoms with Gasteiger partial charge >= 0.3 is 0 Å². The highest BCUT2D eigenvalue weighted by Gasteiger charge is 2.36. The van der Waals surface area contributed by atoms with E-state index < -0.39 is 0 Å². The highest BCUT2D eigenvalue weighted by Crippen LogP contribution is 2.35. The molecule has 0 N–H and O–H groups in total. The van der Waals surface area contributed by atoms with Gasteiger partial charge in [0, 0.05) is 13.1 Å². The zero-order valence-corrected chi connectivity index (χ0v) is 14.7. The van der Waals surface area contributed by atoms with Gasteiger partial charge in [-0.05, 0) is 38.2 Å². The summed E-state index contributed by atoms with van der Waals surface area (Å²) >= 11 is 0. The standard InChI is InChI=1S/C18H25N5O/c1-13(2)15-10-16(17-20-19-12-23(17)21-15)22-7-5-18(6-8-22)11-14(3)4-9-24-18/h10-13H,4-9H2,1-3H3. The Labute approximate surface area is 142 Å². The summed E-state index contributed by atoms with van der Waals surface area (Å²) in [6.07, 6.45) is 7.14. The number of piperidine rings is 1. The van der Waals surface area contributed by atoms with Crippen LogP contribution in [0.2, 0.25) is 0 Å². The highest BCUT2D eigenvalue weighted by atomic mass is 16.5. The molecule has 0 saturated carbocycles. The normalized spacial score (nSPS) is 20.8. The fraction of sp³-hybridized carbons (Fsp3) is 0.611. The Bertz CT molecular complexity index is 771. The van der Waals surface area contributed by atoms with E-state index in [2.05, 4.69) is 53.1 Å². The topological polar surface area (TPSA) is 55.6 Å². The van der Waals surface area contributed by atoms with Gasteiger partial charge in [-0.2, -0.15) is 9.61 Å². The first-order chi connectivity index (χ1) is 11.6. The van der Waals surface area contributed by atoms with Gasteiger partial charge < -0.3 is 9.64 Å². The number of nitrogens with zero attached hydrogens (tertiary/aromatic N) is 5. The summed E-state index contributed by atoms with van der Waals surface area (Å²) < 4.78 is 7.95. The molecule has 0 aromatic carbocycles. The number of anilines is 1. The van der Waals surface area contributed by atoms with Crippen molar-refractivity contribution in [2.75, 3.05) is 24.6 Å². The molecule has 1 fully saturated rings. The second-order valence-corrected chi connectivity index (χ2v) is 7.35. The van der Waals surface area contributed by atoms with Crippen LogP contribution in [-0.4, -0.2) is 45.1 Å². The average molecular weight is 327 g/mol. The van der Waals surface area contributed by atoms with E-state index in [9.17, 15) is 0 Å². The van der Waals surface area contributed by atoms with Gasteiger partial charge in [0.1, 0.15) is 6.33 Å². The van der Waals surface area contributed by atoms with E-state index in [1.165, 1.54) is 5.57 Å². The molecular formula is C18H25N5O. The van der Waals surface area contributed by atoms with Crippen LogP contribution >= 0.6 is 0 Å². The van der Waals surface area contributed by atoms with Crippen LogP contribution in [0.1, 0.15) is 51.6 Å². The van der Waals surface area contributed by atoms with Crippen molar-refractivity contribution in [1.29, 1.82) is 0 Å². The zero-order valence-electron chi connectivity index (χ0n) is 14.7. The lowest BCUT2D eigenvalue weighted by Crippen LogP contribution is -2.46. The van der Waals surface area contributed by atoms with Gasteiger partial charge in [0.05, 0.1) is 23.6 Å². The summed E-state index contributed by atoms with van der Waals surface area (Å²) in [5.74, 6) is 0.374. The van der Waals surface area contributed by atoms with Crippen molar-refractivity contribution in [1.82, 2.24) is 19.8 Å². The number of aromatic nitrogens is 4. The van der Waals surface area contributed by atoms with Crippen LogP contribution in [0.3, 0.4) is 0 Å². The van der Waals surface area contributed by atoms with E-state index >= 15 is 0 Å². The monoisotopic (exact) mass is 327 g/mol. The third-order valence-corrected chi connectivity index (χ3v) is 5.20. The van der Waals surface area contributed by atoms with Crippen molar-refractivity contribution >= 4 is 11.3 Å². The minimum atomic E-state index is -0.0588. The van der Waals surface area contributed by atoms with Crippen molar-refractivity contribution in [3.05, 3.63) is 29.7 Å². The molecule has 4 rings (SSSR count). The van der Waals surface area contributed by atoms with Crippen molar-refractivity contribution in [2.24, 2.45) is 0 Å². The molecule has 128 valence electrons. The molecule has 0 radical (unpaired) electrons. The number of hydrogen-bond acceptors (Lipinski definition) is 5. The van der Waals surface area contributed by atoms with Crippen LogP contribution in [0, 0.1) is 0 Å². The predicted molar refractivity (Wildman–Crippen MR) is 93.4 cm³/mol. The summed E-state index contributed by atoms with van der Waals surface area (Å²) in [6.45, 7) is 9.33. The number of fused-ring (bicyclic) bond motifs is 1. The SMILES string of the molecule is CC1=CC2(CCN(c3cc(C(C)C)nn4cnnc34)CC2)OCC1. The Morgan fingerprint density at radius 1 is 1.25 bits per heavy atom. The maximum absolute atomic E-state index is 6.15. The van der Waals surface area contributed by atoms with Gasteiger partial charge in [0.2, 0.25) is 5.65 Å².